The molecule has 0 aliphatic heterocycles. The molecule has 1 N–H and O–H groups in total. The van der Waals surface area contributed by atoms with Crippen molar-refractivity contribution >= 4 is 12.2 Å². The van der Waals surface area contributed by atoms with Crippen LogP contribution in [0, 0.1) is 10.7 Å². The van der Waals surface area contributed by atoms with Gasteiger partial charge in [0.1, 0.15) is 6.61 Å². The average molecular weight is 349 g/mol. The van der Waals surface area contributed by atoms with Gasteiger partial charge in [0, 0.05) is 12.6 Å². The van der Waals surface area contributed by atoms with Gasteiger partial charge in [-0.1, -0.05) is 51.1 Å². The maximum absolute atomic E-state index is 9.54. The topological polar surface area (TPSA) is 46.2 Å². The molecule has 0 spiro atoms. The van der Waals surface area contributed by atoms with Gasteiger partial charge in [0.25, 0.3) is 0 Å². The Labute approximate surface area is 149 Å². The van der Waals surface area contributed by atoms with Crippen molar-refractivity contribution in [1.82, 2.24) is 19.2 Å². The SMILES string of the molecule is CCCn1c(CO)nn(CN(C)C(c2ccccc2)C(C)C)c1=S. The normalized spacial score (nSPS) is 13.0. The van der Waals surface area contributed by atoms with E-state index in [4.69, 9.17) is 12.2 Å². The van der Waals surface area contributed by atoms with Gasteiger partial charge in [-0.15, -0.1) is 0 Å². The Morgan fingerprint density at radius 1 is 1.25 bits per heavy atom. The minimum atomic E-state index is -0.0906. The number of aliphatic hydroxyl groups excluding tert-OH is 1. The third-order valence-corrected chi connectivity index (χ3v) is 4.62. The molecule has 5 nitrogen and oxygen atoms in total. The Hall–Kier alpha value is -1.50. The van der Waals surface area contributed by atoms with Crippen LogP contribution in [0.5, 0.6) is 0 Å². The molecule has 24 heavy (non-hydrogen) atoms. The van der Waals surface area contributed by atoms with Crippen molar-refractivity contribution in [1.29, 1.82) is 0 Å². The summed E-state index contributed by atoms with van der Waals surface area (Å²) >= 11 is 5.56. The molecule has 0 radical (unpaired) electrons. The Morgan fingerprint density at radius 2 is 1.92 bits per heavy atom. The number of rotatable bonds is 8. The van der Waals surface area contributed by atoms with Gasteiger partial charge in [0.05, 0.1) is 6.67 Å². The van der Waals surface area contributed by atoms with Gasteiger partial charge in [0.15, 0.2) is 10.6 Å². The monoisotopic (exact) mass is 348 g/mol. The second-order valence-electron chi connectivity index (χ2n) is 6.51. The second kappa shape index (κ2) is 8.55. The van der Waals surface area contributed by atoms with Crippen molar-refractivity contribution in [2.75, 3.05) is 7.05 Å². The highest BCUT2D eigenvalue weighted by Gasteiger charge is 2.22. The molecule has 132 valence electrons. The molecule has 0 amide bonds. The standard InChI is InChI=1S/C18H28N4OS/c1-5-11-21-16(12-23)19-22(18(21)24)13-20(4)17(14(2)3)15-9-7-6-8-10-15/h6-10,14,17,23H,5,11-13H2,1-4H3. The summed E-state index contributed by atoms with van der Waals surface area (Å²) in [5.41, 5.74) is 1.29. The van der Waals surface area contributed by atoms with Crippen molar-refractivity contribution in [3.8, 4) is 0 Å². The van der Waals surface area contributed by atoms with Crippen LogP contribution in [0.4, 0.5) is 0 Å². The van der Waals surface area contributed by atoms with E-state index in [1.807, 2.05) is 15.3 Å². The van der Waals surface area contributed by atoms with Crippen molar-refractivity contribution < 1.29 is 5.11 Å². The molecule has 1 unspecified atom stereocenters. The van der Waals surface area contributed by atoms with Gasteiger partial charge >= 0.3 is 0 Å². The third-order valence-electron chi connectivity index (χ3n) is 4.19. The van der Waals surface area contributed by atoms with Gasteiger partial charge < -0.3 is 9.67 Å². The Balaban J connectivity index is 2.27. The summed E-state index contributed by atoms with van der Waals surface area (Å²) in [5, 5.41) is 14.0. The molecule has 2 rings (SSSR count). The summed E-state index contributed by atoms with van der Waals surface area (Å²) < 4.78 is 4.41. The molecule has 0 aliphatic rings. The molecule has 2 aromatic rings. The van der Waals surface area contributed by atoms with Crippen LogP contribution in [-0.2, 0) is 19.8 Å². The van der Waals surface area contributed by atoms with Crippen molar-refractivity contribution in [3.63, 3.8) is 0 Å². The van der Waals surface area contributed by atoms with Crippen LogP contribution in [0.1, 0.15) is 44.6 Å². The zero-order valence-corrected chi connectivity index (χ0v) is 15.8. The number of aliphatic hydroxyl groups is 1. The molecule has 0 saturated heterocycles. The molecule has 0 fully saturated rings. The largest absolute Gasteiger partial charge is 0.388 e. The van der Waals surface area contributed by atoms with Crippen LogP contribution in [0.2, 0.25) is 0 Å². The molecule has 1 heterocycles. The minimum Gasteiger partial charge on any atom is -0.388 e. The van der Waals surface area contributed by atoms with Gasteiger partial charge in [-0.25, -0.2) is 4.68 Å². The van der Waals surface area contributed by atoms with Crippen molar-refractivity contribution in [2.24, 2.45) is 5.92 Å². The molecule has 0 bridgehead atoms. The van der Waals surface area contributed by atoms with E-state index < -0.39 is 0 Å². The Morgan fingerprint density at radius 3 is 2.46 bits per heavy atom. The van der Waals surface area contributed by atoms with Crippen LogP contribution in [0.25, 0.3) is 0 Å². The maximum Gasteiger partial charge on any atom is 0.199 e. The molecule has 1 aromatic carbocycles. The van der Waals surface area contributed by atoms with Crippen molar-refractivity contribution in [2.45, 2.75) is 53.1 Å². The molecule has 0 saturated carbocycles. The molecule has 1 atom stereocenters. The highest BCUT2D eigenvalue weighted by Crippen LogP contribution is 2.27. The van der Waals surface area contributed by atoms with Crippen LogP contribution in [-0.4, -0.2) is 31.4 Å². The lowest BCUT2D eigenvalue weighted by Crippen LogP contribution is -2.31. The summed E-state index contributed by atoms with van der Waals surface area (Å²) in [7, 11) is 2.09. The highest BCUT2D eigenvalue weighted by atomic mass is 32.1. The second-order valence-corrected chi connectivity index (χ2v) is 6.87. The van der Waals surface area contributed by atoms with Crippen LogP contribution in [0.3, 0.4) is 0 Å². The van der Waals surface area contributed by atoms with E-state index in [0.29, 0.717) is 23.2 Å². The van der Waals surface area contributed by atoms with E-state index in [0.717, 1.165) is 13.0 Å². The Bertz CT molecular complexity index is 693. The number of hydrogen-bond donors (Lipinski definition) is 1. The average Bonchev–Trinajstić information content (AvgIpc) is 2.85. The van der Waals surface area contributed by atoms with Crippen LogP contribution < -0.4 is 0 Å². The number of nitrogens with zero attached hydrogens (tertiary/aromatic N) is 4. The number of benzene rings is 1. The van der Waals surface area contributed by atoms with Gasteiger partial charge in [-0.3, -0.25) is 4.90 Å². The molecular weight excluding hydrogens is 320 g/mol. The predicted octanol–water partition coefficient (Wildman–Crippen LogP) is 3.60. The first-order valence-electron chi connectivity index (χ1n) is 8.52. The van der Waals surface area contributed by atoms with Gasteiger partial charge in [-0.2, -0.15) is 5.10 Å². The smallest absolute Gasteiger partial charge is 0.199 e. The quantitative estimate of drug-likeness (QED) is 0.741. The highest BCUT2D eigenvalue weighted by molar-refractivity contribution is 7.71. The molecular formula is C18H28N4OS. The van der Waals surface area contributed by atoms with E-state index in [1.54, 1.807) is 0 Å². The number of hydrogen-bond acceptors (Lipinski definition) is 4. The fraction of sp³-hybridized carbons (Fsp3) is 0.556. The maximum atomic E-state index is 9.54. The van der Waals surface area contributed by atoms with E-state index in [9.17, 15) is 5.11 Å². The summed E-state index contributed by atoms with van der Waals surface area (Å²) in [6, 6.07) is 10.8. The zero-order valence-electron chi connectivity index (χ0n) is 15.0. The van der Waals surface area contributed by atoms with E-state index in [1.165, 1.54) is 5.56 Å². The summed E-state index contributed by atoms with van der Waals surface area (Å²) in [4.78, 5) is 2.26. The lowest BCUT2D eigenvalue weighted by Gasteiger charge is -2.31. The fourth-order valence-corrected chi connectivity index (χ4v) is 3.54. The van der Waals surface area contributed by atoms with E-state index in [-0.39, 0.29) is 12.6 Å². The molecule has 6 heteroatoms. The molecule has 0 aliphatic carbocycles. The summed E-state index contributed by atoms with van der Waals surface area (Å²) in [6.45, 7) is 7.83. The van der Waals surface area contributed by atoms with Gasteiger partial charge in [-0.05, 0) is 37.2 Å². The summed E-state index contributed by atoms with van der Waals surface area (Å²) in [5.74, 6) is 1.10. The zero-order chi connectivity index (χ0) is 17.7. The van der Waals surface area contributed by atoms with E-state index >= 15 is 0 Å². The Kier molecular flexibility index (Phi) is 6.71. The first-order valence-corrected chi connectivity index (χ1v) is 8.93. The lowest BCUT2D eigenvalue weighted by molar-refractivity contribution is 0.143. The summed E-state index contributed by atoms with van der Waals surface area (Å²) in [6.07, 6.45) is 0.960. The lowest BCUT2D eigenvalue weighted by atomic mass is 9.95. The third kappa shape index (κ3) is 4.12. The molecule has 1 aromatic heterocycles. The van der Waals surface area contributed by atoms with Crippen molar-refractivity contribution in [3.05, 3.63) is 46.5 Å². The van der Waals surface area contributed by atoms with Gasteiger partial charge in [0.2, 0.25) is 0 Å². The number of aromatic nitrogens is 3. The first kappa shape index (κ1) is 18.8. The van der Waals surface area contributed by atoms with Crippen LogP contribution in [0.15, 0.2) is 30.3 Å². The predicted molar refractivity (Wildman–Crippen MR) is 99.0 cm³/mol. The fourth-order valence-electron chi connectivity index (χ4n) is 3.24. The minimum absolute atomic E-state index is 0.0906. The first-order chi connectivity index (χ1) is 11.5. The van der Waals surface area contributed by atoms with E-state index in [2.05, 4.69) is 62.1 Å². The van der Waals surface area contributed by atoms with Crippen LogP contribution >= 0.6 is 12.2 Å².